The Bertz CT molecular complexity index is 476. The van der Waals surface area contributed by atoms with Crippen LogP contribution < -0.4 is 5.32 Å². The summed E-state index contributed by atoms with van der Waals surface area (Å²) in [5, 5.41) is 11.9. The largest absolute Gasteiger partial charge is 0.349 e. The van der Waals surface area contributed by atoms with E-state index in [0.717, 1.165) is 12.8 Å². The Balaban J connectivity index is 2.01. The SMILES string of the molecule is CC1CCCC(NC(=O)c2cccc(C#N)c2)C1. The van der Waals surface area contributed by atoms with Crippen molar-refractivity contribution in [2.75, 3.05) is 0 Å². The molecule has 2 atom stereocenters. The van der Waals surface area contributed by atoms with Crippen LogP contribution in [0.1, 0.15) is 48.5 Å². The van der Waals surface area contributed by atoms with Gasteiger partial charge < -0.3 is 5.32 Å². The van der Waals surface area contributed by atoms with E-state index in [4.69, 9.17) is 5.26 Å². The summed E-state index contributed by atoms with van der Waals surface area (Å²) in [4.78, 5) is 12.1. The third kappa shape index (κ3) is 3.10. The van der Waals surface area contributed by atoms with E-state index in [1.165, 1.54) is 12.8 Å². The van der Waals surface area contributed by atoms with Crippen molar-refractivity contribution in [1.82, 2.24) is 5.32 Å². The van der Waals surface area contributed by atoms with Gasteiger partial charge in [-0.3, -0.25) is 4.79 Å². The zero-order valence-corrected chi connectivity index (χ0v) is 10.6. The maximum atomic E-state index is 12.1. The molecular formula is C15H18N2O. The molecule has 1 aromatic carbocycles. The molecule has 3 nitrogen and oxygen atoms in total. The van der Waals surface area contributed by atoms with Crippen molar-refractivity contribution >= 4 is 5.91 Å². The van der Waals surface area contributed by atoms with Gasteiger partial charge >= 0.3 is 0 Å². The van der Waals surface area contributed by atoms with Crippen LogP contribution in [0, 0.1) is 17.2 Å². The zero-order chi connectivity index (χ0) is 13.0. The third-order valence-corrected chi connectivity index (χ3v) is 3.53. The minimum atomic E-state index is -0.0637. The van der Waals surface area contributed by atoms with Gasteiger partial charge in [0.1, 0.15) is 0 Å². The Morgan fingerprint density at radius 2 is 2.28 bits per heavy atom. The summed E-state index contributed by atoms with van der Waals surface area (Å²) >= 11 is 0. The molecule has 0 saturated heterocycles. The lowest BCUT2D eigenvalue weighted by Gasteiger charge is -2.27. The van der Waals surface area contributed by atoms with Crippen LogP contribution in [0.2, 0.25) is 0 Å². The Kier molecular flexibility index (Phi) is 3.99. The molecule has 1 aliphatic carbocycles. The lowest BCUT2D eigenvalue weighted by molar-refractivity contribution is 0.0921. The predicted octanol–water partition coefficient (Wildman–Crippen LogP) is 2.87. The molecule has 1 aromatic rings. The van der Waals surface area contributed by atoms with Gasteiger partial charge in [-0.15, -0.1) is 0 Å². The van der Waals surface area contributed by atoms with E-state index in [2.05, 4.69) is 18.3 Å². The Hall–Kier alpha value is -1.82. The molecule has 0 aliphatic heterocycles. The van der Waals surface area contributed by atoms with Crippen molar-refractivity contribution in [3.63, 3.8) is 0 Å². The molecule has 0 aromatic heterocycles. The number of hydrogen-bond acceptors (Lipinski definition) is 2. The second-order valence-corrected chi connectivity index (χ2v) is 5.13. The van der Waals surface area contributed by atoms with E-state index in [9.17, 15) is 4.79 Å². The first kappa shape index (κ1) is 12.6. The van der Waals surface area contributed by atoms with Crippen LogP contribution in [0.25, 0.3) is 0 Å². The summed E-state index contributed by atoms with van der Waals surface area (Å²) in [5.41, 5.74) is 1.10. The Labute approximate surface area is 108 Å². The number of nitrogens with zero attached hydrogens (tertiary/aromatic N) is 1. The van der Waals surface area contributed by atoms with Crippen molar-refractivity contribution in [3.05, 3.63) is 35.4 Å². The normalized spacial score (nSPS) is 23.1. The van der Waals surface area contributed by atoms with Gasteiger partial charge in [-0.05, 0) is 37.0 Å². The second-order valence-electron chi connectivity index (χ2n) is 5.13. The molecule has 3 heteroatoms. The maximum Gasteiger partial charge on any atom is 0.251 e. The van der Waals surface area contributed by atoms with Crippen molar-refractivity contribution in [1.29, 1.82) is 5.26 Å². The van der Waals surface area contributed by atoms with E-state index in [1.807, 2.05) is 0 Å². The lowest BCUT2D eigenvalue weighted by atomic mass is 9.87. The standard InChI is InChI=1S/C15H18N2O/c1-11-4-2-7-14(8-11)17-15(18)13-6-3-5-12(9-13)10-16/h3,5-6,9,11,14H,2,4,7-8H2,1H3,(H,17,18). The van der Waals surface area contributed by atoms with Crippen LogP contribution in [0.15, 0.2) is 24.3 Å². The first-order valence-electron chi connectivity index (χ1n) is 6.50. The van der Waals surface area contributed by atoms with E-state index < -0.39 is 0 Å². The van der Waals surface area contributed by atoms with Gasteiger partial charge in [0.05, 0.1) is 11.6 Å². The van der Waals surface area contributed by atoms with Crippen LogP contribution >= 0.6 is 0 Å². The molecule has 1 saturated carbocycles. The highest BCUT2D eigenvalue weighted by Gasteiger charge is 2.20. The molecule has 0 spiro atoms. The van der Waals surface area contributed by atoms with Gasteiger partial charge in [0.2, 0.25) is 0 Å². The fraction of sp³-hybridized carbons (Fsp3) is 0.467. The first-order valence-corrected chi connectivity index (χ1v) is 6.50. The van der Waals surface area contributed by atoms with Crippen LogP contribution in [0.5, 0.6) is 0 Å². The number of amides is 1. The summed E-state index contributed by atoms with van der Waals surface area (Å²) in [6, 6.07) is 9.18. The van der Waals surface area contributed by atoms with Crippen LogP contribution in [0.4, 0.5) is 0 Å². The van der Waals surface area contributed by atoms with E-state index in [-0.39, 0.29) is 11.9 Å². The number of nitriles is 1. The minimum absolute atomic E-state index is 0.0637. The molecule has 94 valence electrons. The van der Waals surface area contributed by atoms with Crippen molar-refractivity contribution < 1.29 is 4.79 Å². The van der Waals surface area contributed by atoms with Crippen molar-refractivity contribution in [2.45, 2.75) is 38.6 Å². The predicted molar refractivity (Wildman–Crippen MR) is 70.0 cm³/mol. The average Bonchev–Trinajstić information content (AvgIpc) is 2.39. The zero-order valence-electron chi connectivity index (χ0n) is 10.6. The highest BCUT2D eigenvalue weighted by molar-refractivity contribution is 5.94. The maximum absolute atomic E-state index is 12.1. The number of rotatable bonds is 2. The van der Waals surface area contributed by atoms with Gasteiger partial charge in [-0.2, -0.15) is 5.26 Å². The summed E-state index contributed by atoms with van der Waals surface area (Å²) in [7, 11) is 0. The summed E-state index contributed by atoms with van der Waals surface area (Å²) in [5.74, 6) is 0.626. The molecule has 1 N–H and O–H groups in total. The third-order valence-electron chi connectivity index (χ3n) is 3.53. The number of carbonyl (C=O) groups excluding carboxylic acids is 1. The smallest absolute Gasteiger partial charge is 0.251 e. The van der Waals surface area contributed by atoms with Gasteiger partial charge in [0.25, 0.3) is 5.91 Å². The molecule has 0 radical (unpaired) electrons. The van der Waals surface area contributed by atoms with Crippen LogP contribution in [-0.4, -0.2) is 11.9 Å². The highest BCUT2D eigenvalue weighted by Crippen LogP contribution is 2.23. The van der Waals surface area contributed by atoms with Crippen molar-refractivity contribution in [3.8, 4) is 6.07 Å². The first-order chi connectivity index (χ1) is 8.69. The average molecular weight is 242 g/mol. The van der Waals surface area contributed by atoms with E-state index in [1.54, 1.807) is 24.3 Å². The number of hydrogen-bond donors (Lipinski definition) is 1. The van der Waals surface area contributed by atoms with Gasteiger partial charge in [-0.25, -0.2) is 0 Å². The second kappa shape index (κ2) is 5.68. The van der Waals surface area contributed by atoms with Crippen LogP contribution in [0.3, 0.4) is 0 Å². The monoisotopic (exact) mass is 242 g/mol. The molecule has 0 bridgehead atoms. The topological polar surface area (TPSA) is 52.9 Å². The lowest BCUT2D eigenvalue weighted by Crippen LogP contribution is -2.37. The minimum Gasteiger partial charge on any atom is -0.349 e. The molecule has 1 amide bonds. The molecule has 2 unspecified atom stereocenters. The molecule has 2 rings (SSSR count). The number of benzene rings is 1. The van der Waals surface area contributed by atoms with Gasteiger partial charge in [0.15, 0.2) is 0 Å². The van der Waals surface area contributed by atoms with E-state index in [0.29, 0.717) is 17.0 Å². The number of carbonyl (C=O) groups is 1. The summed E-state index contributed by atoms with van der Waals surface area (Å²) in [6.07, 6.45) is 4.57. The Morgan fingerprint density at radius 3 is 3.00 bits per heavy atom. The summed E-state index contributed by atoms with van der Waals surface area (Å²) in [6.45, 7) is 2.23. The molecule has 1 aliphatic rings. The van der Waals surface area contributed by atoms with Crippen LogP contribution in [-0.2, 0) is 0 Å². The fourth-order valence-electron chi connectivity index (χ4n) is 2.56. The highest BCUT2D eigenvalue weighted by atomic mass is 16.1. The van der Waals surface area contributed by atoms with Gasteiger partial charge in [-0.1, -0.05) is 25.8 Å². The fourth-order valence-corrected chi connectivity index (χ4v) is 2.56. The molecular weight excluding hydrogens is 224 g/mol. The van der Waals surface area contributed by atoms with Crippen molar-refractivity contribution in [2.24, 2.45) is 5.92 Å². The Morgan fingerprint density at radius 1 is 1.44 bits per heavy atom. The molecule has 0 heterocycles. The quantitative estimate of drug-likeness (QED) is 0.867. The number of nitrogens with one attached hydrogen (secondary N) is 1. The molecule has 1 fully saturated rings. The summed E-state index contributed by atoms with van der Waals surface area (Å²) < 4.78 is 0. The molecule has 18 heavy (non-hydrogen) atoms. The van der Waals surface area contributed by atoms with E-state index >= 15 is 0 Å². The van der Waals surface area contributed by atoms with Gasteiger partial charge in [0, 0.05) is 11.6 Å².